The summed E-state index contributed by atoms with van der Waals surface area (Å²) in [5, 5.41) is 10.6. The second-order valence-electron chi connectivity index (χ2n) is 29.9. The summed E-state index contributed by atoms with van der Waals surface area (Å²) in [5.41, 5.74) is 0. The maximum absolute atomic E-state index is 13.1. The fraction of sp³-hybridized carbons (Fsp3) is 0.949. The minimum Gasteiger partial charge on any atom is -0.462 e. The van der Waals surface area contributed by atoms with Crippen LogP contribution in [0.15, 0.2) is 0 Å². The minimum atomic E-state index is -4.96. The van der Waals surface area contributed by atoms with Crippen LogP contribution in [-0.4, -0.2) is 96.7 Å². The van der Waals surface area contributed by atoms with Crippen molar-refractivity contribution in [1.29, 1.82) is 0 Å². The van der Waals surface area contributed by atoms with Crippen LogP contribution in [0.2, 0.25) is 0 Å². The first kappa shape index (κ1) is 96.1. The van der Waals surface area contributed by atoms with Crippen molar-refractivity contribution < 1.29 is 80.2 Å². The molecular weight excluding hydrogens is 1280 g/mol. The van der Waals surface area contributed by atoms with Gasteiger partial charge in [-0.05, 0) is 43.4 Å². The highest BCUT2D eigenvalue weighted by Crippen LogP contribution is 2.45. The van der Waals surface area contributed by atoms with E-state index in [0.29, 0.717) is 25.7 Å². The number of rotatable bonds is 77. The first-order valence-corrected chi connectivity index (χ1v) is 43.8. The highest BCUT2D eigenvalue weighted by Gasteiger charge is 2.30. The van der Waals surface area contributed by atoms with Crippen molar-refractivity contribution in [2.75, 3.05) is 39.6 Å². The zero-order valence-corrected chi connectivity index (χ0v) is 66.0. The molecule has 0 saturated carbocycles. The van der Waals surface area contributed by atoms with Gasteiger partial charge in [-0.25, -0.2) is 9.13 Å². The molecular formula is C79H154O17P2. The highest BCUT2D eigenvalue weighted by atomic mass is 31.2. The number of esters is 4. The van der Waals surface area contributed by atoms with E-state index in [9.17, 15) is 43.2 Å². The third-order valence-corrected chi connectivity index (χ3v) is 20.3. The minimum absolute atomic E-state index is 0.106. The van der Waals surface area contributed by atoms with Gasteiger partial charge in [0, 0.05) is 25.7 Å². The van der Waals surface area contributed by atoms with Gasteiger partial charge in [0.1, 0.15) is 19.3 Å². The Morgan fingerprint density at radius 1 is 0.276 bits per heavy atom. The molecule has 5 atom stereocenters. The van der Waals surface area contributed by atoms with Crippen LogP contribution in [0.4, 0.5) is 0 Å². The molecule has 19 heteroatoms. The van der Waals surface area contributed by atoms with Crippen LogP contribution in [0.1, 0.15) is 408 Å². The molecule has 17 nitrogen and oxygen atoms in total. The van der Waals surface area contributed by atoms with Crippen molar-refractivity contribution in [1.82, 2.24) is 0 Å². The molecule has 0 aromatic heterocycles. The summed E-state index contributed by atoms with van der Waals surface area (Å²) in [5.74, 6) is 0.268. The first-order valence-electron chi connectivity index (χ1n) is 40.8. The van der Waals surface area contributed by atoms with Gasteiger partial charge < -0.3 is 33.8 Å². The predicted octanol–water partition coefficient (Wildman–Crippen LogP) is 23.4. The topological polar surface area (TPSA) is 237 Å². The molecule has 0 amide bonds. The molecule has 0 aromatic rings. The van der Waals surface area contributed by atoms with E-state index in [2.05, 4.69) is 48.5 Å². The van der Waals surface area contributed by atoms with Crippen molar-refractivity contribution in [3.8, 4) is 0 Å². The Morgan fingerprint density at radius 3 is 0.694 bits per heavy atom. The molecule has 0 saturated heterocycles. The Balaban J connectivity index is 5.19. The van der Waals surface area contributed by atoms with Crippen molar-refractivity contribution in [2.24, 2.45) is 17.8 Å². The summed E-state index contributed by atoms with van der Waals surface area (Å²) >= 11 is 0. The zero-order chi connectivity index (χ0) is 72.3. The summed E-state index contributed by atoms with van der Waals surface area (Å²) in [6, 6.07) is 0. The number of hydrogen-bond donors (Lipinski definition) is 3. The van der Waals surface area contributed by atoms with Gasteiger partial charge in [-0.1, -0.05) is 357 Å². The molecule has 0 heterocycles. The largest absolute Gasteiger partial charge is 0.472 e. The molecule has 0 aromatic carbocycles. The number of aliphatic hydroxyl groups excluding tert-OH is 1. The van der Waals surface area contributed by atoms with Crippen LogP contribution in [0.25, 0.3) is 0 Å². The number of phosphoric ester groups is 2. The summed E-state index contributed by atoms with van der Waals surface area (Å²) < 4.78 is 68.5. The Bertz CT molecular complexity index is 1900. The van der Waals surface area contributed by atoms with Gasteiger partial charge in [0.2, 0.25) is 0 Å². The van der Waals surface area contributed by atoms with Crippen molar-refractivity contribution in [3.63, 3.8) is 0 Å². The fourth-order valence-corrected chi connectivity index (χ4v) is 13.7. The number of hydrogen-bond acceptors (Lipinski definition) is 15. The molecule has 2 unspecified atom stereocenters. The zero-order valence-electron chi connectivity index (χ0n) is 64.3. The van der Waals surface area contributed by atoms with Crippen molar-refractivity contribution >= 4 is 39.5 Å². The van der Waals surface area contributed by atoms with Crippen molar-refractivity contribution in [2.45, 2.75) is 426 Å². The Morgan fingerprint density at radius 2 is 0.469 bits per heavy atom. The van der Waals surface area contributed by atoms with Crippen molar-refractivity contribution in [3.05, 3.63) is 0 Å². The molecule has 0 aliphatic rings. The molecule has 0 spiro atoms. The van der Waals surface area contributed by atoms with Crippen LogP contribution < -0.4 is 0 Å². The van der Waals surface area contributed by atoms with Crippen LogP contribution in [-0.2, 0) is 65.4 Å². The highest BCUT2D eigenvalue weighted by molar-refractivity contribution is 7.47. The molecule has 0 radical (unpaired) electrons. The van der Waals surface area contributed by atoms with Gasteiger partial charge in [0.05, 0.1) is 26.4 Å². The number of ether oxygens (including phenoxy) is 4. The van der Waals surface area contributed by atoms with Gasteiger partial charge in [-0.15, -0.1) is 0 Å². The van der Waals surface area contributed by atoms with E-state index >= 15 is 0 Å². The summed E-state index contributed by atoms with van der Waals surface area (Å²) in [6.45, 7) is 11.9. The van der Waals surface area contributed by atoms with E-state index < -0.39 is 97.5 Å². The van der Waals surface area contributed by atoms with E-state index in [1.54, 1.807) is 0 Å². The smallest absolute Gasteiger partial charge is 0.462 e. The number of unbranched alkanes of at least 4 members (excludes halogenated alkanes) is 45. The summed E-state index contributed by atoms with van der Waals surface area (Å²) in [6.07, 6.45) is 57.0. The lowest BCUT2D eigenvalue weighted by Gasteiger charge is -2.21. The van der Waals surface area contributed by atoms with Crippen LogP contribution in [0, 0.1) is 17.8 Å². The monoisotopic (exact) mass is 1440 g/mol. The van der Waals surface area contributed by atoms with E-state index in [1.165, 1.54) is 205 Å². The molecule has 582 valence electrons. The van der Waals surface area contributed by atoms with Gasteiger partial charge in [0.25, 0.3) is 0 Å². The maximum atomic E-state index is 13.1. The molecule has 98 heavy (non-hydrogen) atoms. The Hall–Kier alpha value is -1.94. The third-order valence-electron chi connectivity index (χ3n) is 18.4. The Kier molecular flexibility index (Phi) is 68.1. The van der Waals surface area contributed by atoms with E-state index in [-0.39, 0.29) is 25.7 Å². The molecule has 0 bridgehead atoms. The van der Waals surface area contributed by atoms with E-state index in [1.807, 2.05) is 0 Å². The second-order valence-corrected chi connectivity index (χ2v) is 32.8. The SMILES string of the molecule is CCCCCCCCCC(=O)OC[C@H](COP(=O)(O)OC[C@H](O)COP(=O)(O)OC[C@@H](COC(=O)CCCCCCCCCCCCCCCCC(C)C)OC(=O)CCCCCCCCCCCCCCCCCCC(C)C)OC(=O)CCCCCCCCCCCCCCC(C)C. The lowest BCUT2D eigenvalue weighted by atomic mass is 10.0. The molecule has 0 aliphatic carbocycles. The molecule has 0 fully saturated rings. The van der Waals surface area contributed by atoms with Gasteiger partial charge in [-0.3, -0.25) is 37.3 Å². The third kappa shape index (κ3) is 72.4. The average Bonchev–Trinajstić information content (AvgIpc) is 1.16. The first-order chi connectivity index (χ1) is 47.2. The second kappa shape index (κ2) is 69.4. The quantitative estimate of drug-likeness (QED) is 0.0222. The number of phosphoric acid groups is 2. The standard InChI is InChI=1S/C79H154O17P2/c1-8-9-10-11-36-46-53-60-76(81)89-66-74(95-78(83)63-56-49-42-35-29-23-22-26-32-39-45-52-59-72(6)7)68-93-97(85,86)91-64-73(80)65-92-98(87,88)94-69-75(67-90-77(82)61-54-47-40-33-27-20-17-16-19-25-31-38-44-51-58-71(4)5)96-79(84)62-55-48-41-34-28-21-15-13-12-14-18-24-30-37-43-50-57-70(2)3/h70-75,80H,8-69H2,1-7H3,(H,85,86)(H,87,88)/t73-,74+,75+/m0/s1. The van der Waals surface area contributed by atoms with Crippen LogP contribution >= 0.6 is 15.6 Å². The molecule has 0 aliphatic heterocycles. The van der Waals surface area contributed by atoms with Gasteiger partial charge >= 0.3 is 39.5 Å². The van der Waals surface area contributed by atoms with Gasteiger partial charge in [0.15, 0.2) is 12.2 Å². The van der Waals surface area contributed by atoms with E-state index in [4.69, 9.17) is 37.0 Å². The lowest BCUT2D eigenvalue weighted by molar-refractivity contribution is -0.161. The van der Waals surface area contributed by atoms with Crippen LogP contribution in [0.3, 0.4) is 0 Å². The number of carbonyl (C=O) groups excluding carboxylic acids is 4. The summed E-state index contributed by atoms with van der Waals surface area (Å²) in [4.78, 5) is 72.8. The number of carbonyl (C=O) groups is 4. The fourth-order valence-electron chi connectivity index (χ4n) is 12.1. The molecule has 0 rings (SSSR count). The maximum Gasteiger partial charge on any atom is 0.472 e. The average molecular weight is 1440 g/mol. The molecule has 3 N–H and O–H groups in total. The van der Waals surface area contributed by atoms with Gasteiger partial charge in [-0.2, -0.15) is 0 Å². The Labute approximate surface area is 600 Å². The number of aliphatic hydroxyl groups is 1. The van der Waals surface area contributed by atoms with Crippen LogP contribution in [0.5, 0.6) is 0 Å². The normalized spacial score (nSPS) is 14.0. The summed E-state index contributed by atoms with van der Waals surface area (Å²) in [7, 11) is -9.91. The predicted molar refractivity (Wildman–Crippen MR) is 400 cm³/mol. The van der Waals surface area contributed by atoms with E-state index in [0.717, 1.165) is 120 Å². The lowest BCUT2D eigenvalue weighted by Crippen LogP contribution is -2.30.